The van der Waals surface area contributed by atoms with Crippen LogP contribution in [-0.4, -0.2) is 29.9 Å². The molecule has 0 atom stereocenters. The van der Waals surface area contributed by atoms with Gasteiger partial charge in [-0.2, -0.15) is 4.98 Å². The Bertz CT molecular complexity index is 1280. The van der Waals surface area contributed by atoms with Crippen molar-refractivity contribution in [1.82, 2.24) is 29.9 Å². The highest BCUT2D eigenvalue weighted by Crippen LogP contribution is 2.33. The van der Waals surface area contributed by atoms with E-state index in [0.717, 1.165) is 45.2 Å². The Morgan fingerprint density at radius 3 is 2.62 bits per heavy atom. The molecule has 5 rings (SSSR count). The predicted octanol–water partition coefficient (Wildman–Crippen LogP) is 5.80. The average Bonchev–Trinajstić information content (AvgIpc) is 3.55. The van der Waals surface area contributed by atoms with Gasteiger partial charge in [-0.05, 0) is 30.7 Å². The van der Waals surface area contributed by atoms with E-state index in [1.807, 2.05) is 36.4 Å². The van der Waals surface area contributed by atoms with Gasteiger partial charge in [0.2, 0.25) is 5.89 Å². The van der Waals surface area contributed by atoms with E-state index in [-0.39, 0.29) is 0 Å². The minimum absolute atomic E-state index is 0.548. The molecule has 3 aromatic heterocycles. The number of aromatic nitrogens is 6. The number of aryl methyl sites for hydroxylation is 1. The van der Waals surface area contributed by atoms with E-state index in [4.69, 9.17) is 9.51 Å². The minimum atomic E-state index is 0.548. The number of thioether (sulfide) groups is 2. The summed E-state index contributed by atoms with van der Waals surface area (Å²) in [6, 6.07) is 18.4. The molecule has 0 bridgehead atoms. The molecule has 0 spiro atoms. The van der Waals surface area contributed by atoms with Gasteiger partial charge in [-0.3, -0.25) is 4.57 Å². The first-order valence-corrected chi connectivity index (χ1v) is 13.0. The summed E-state index contributed by atoms with van der Waals surface area (Å²) in [7, 11) is 0. The van der Waals surface area contributed by atoms with Gasteiger partial charge in [0.1, 0.15) is 5.82 Å². The molecule has 0 unspecified atom stereocenters. The Kier molecular flexibility index (Phi) is 6.51. The lowest BCUT2D eigenvalue weighted by atomic mass is 10.3. The van der Waals surface area contributed by atoms with Crippen LogP contribution < -0.4 is 0 Å². The number of hydrogen-bond acceptors (Lipinski definition) is 9. The predicted molar refractivity (Wildman–Crippen MR) is 128 cm³/mol. The minimum Gasteiger partial charge on any atom is -0.338 e. The second-order valence-corrected chi connectivity index (χ2v) is 10.1. The molecule has 0 saturated carbocycles. The molecule has 0 aliphatic heterocycles. The summed E-state index contributed by atoms with van der Waals surface area (Å²) in [4.78, 5) is 9.18. The van der Waals surface area contributed by atoms with Gasteiger partial charge >= 0.3 is 0 Å². The lowest BCUT2D eigenvalue weighted by Gasteiger charge is -2.09. The Labute approximate surface area is 197 Å². The Balaban J connectivity index is 1.36. The van der Waals surface area contributed by atoms with Crippen molar-refractivity contribution >= 4 is 45.1 Å². The molecule has 0 N–H and O–H groups in total. The molecular weight excluding hydrogens is 460 g/mol. The van der Waals surface area contributed by atoms with Crippen LogP contribution in [0, 0.1) is 0 Å². The third kappa shape index (κ3) is 4.72. The lowest BCUT2D eigenvalue weighted by molar-refractivity contribution is 0.384. The van der Waals surface area contributed by atoms with Gasteiger partial charge in [0.05, 0.1) is 21.7 Å². The number of fused-ring (bicyclic) bond motifs is 1. The van der Waals surface area contributed by atoms with E-state index in [2.05, 4.69) is 50.0 Å². The lowest BCUT2D eigenvalue weighted by Crippen LogP contribution is -2.02. The maximum Gasteiger partial charge on any atom is 0.237 e. The van der Waals surface area contributed by atoms with Gasteiger partial charge in [0.15, 0.2) is 15.3 Å². The molecule has 2 aromatic carbocycles. The number of benzene rings is 2. The molecule has 3 heterocycles. The van der Waals surface area contributed by atoms with Crippen molar-refractivity contribution in [2.24, 2.45) is 0 Å². The summed E-state index contributed by atoms with van der Waals surface area (Å²) >= 11 is 4.92. The Hall–Kier alpha value is -2.69. The third-order valence-corrected chi connectivity index (χ3v) is 7.71. The normalized spacial score (nSPS) is 11.4. The summed E-state index contributed by atoms with van der Waals surface area (Å²) in [5.41, 5.74) is 2.06. The van der Waals surface area contributed by atoms with Crippen LogP contribution >= 0.6 is 34.9 Å². The summed E-state index contributed by atoms with van der Waals surface area (Å²) in [6.07, 6.45) is 1.81. The van der Waals surface area contributed by atoms with Crippen molar-refractivity contribution in [2.75, 3.05) is 0 Å². The van der Waals surface area contributed by atoms with Crippen LogP contribution in [0.2, 0.25) is 0 Å². The van der Waals surface area contributed by atoms with Crippen molar-refractivity contribution in [3.05, 3.63) is 72.1 Å². The van der Waals surface area contributed by atoms with Crippen LogP contribution in [0.5, 0.6) is 0 Å². The SMILES string of the molecule is CCCc1noc(CSc2nnc(CSc3nc4ccccc4s3)n2-c2ccccc2)n1. The van der Waals surface area contributed by atoms with Gasteiger partial charge in [-0.1, -0.05) is 65.9 Å². The fourth-order valence-electron chi connectivity index (χ4n) is 3.16. The second-order valence-electron chi connectivity index (χ2n) is 6.95. The molecule has 0 aliphatic rings. The largest absolute Gasteiger partial charge is 0.338 e. The number of rotatable bonds is 9. The molecule has 0 amide bonds. The molecule has 0 fully saturated rings. The molecule has 0 saturated heterocycles. The monoisotopic (exact) mass is 480 g/mol. The van der Waals surface area contributed by atoms with Crippen molar-refractivity contribution in [2.45, 2.75) is 40.8 Å². The smallest absolute Gasteiger partial charge is 0.237 e. The van der Waals surface area contributed by atoms with Crippen LogP contribution in [0.1, 0.15) is 30.9 Å². The highest BCUT2D eigenvalue weighted by atomic mass is 32.2. The van der Waals surface area contributed by atoms with E-state index in [9.17, 15) is 0 Å². The maximum atomic E-state index is 5.38. The molecule has 162 valence electrons. The van der Waals surface area contributed by atoms with Gasteiger partial charge in [-0.25, -0.2) is 4.98 Å². The summed E-state index contributed by atoms with van der Waals surface area (Å²) in [5.74, 6) is 3.45. The first kappa shape index (κ1) is 21.2. The van der Waals surface area contributed by atoms with Crippen LogP contribution in [0.15, 0.2) is 68.6 Å². The Morgan fingerprint density at radius 1 is 0.938 bits per heavy atom. The van der Waals surface area contributed by atoms with E-state index >= 15 is 0 Å². The van der Waals surface area contributed by atoms with Gasteiger partial charge in [-0.15, -0.1) is 21.5 Å². The number of nitrogens with zero attached hydrogens (tertiary/aromatic N) is 6. The molecule has 0 aliphatic carbocycles. The van der Waals surface area contributed by atoms with Crippen molar-refractivity contribution in [3.8, 4) is 5.69 Å². The maximum absolute atomic E-state index is 5.38. The van der Waals surface area contributed by atoms with Crippen LogP contribution in [-0.2, 0) is 17.9 Å². The third-order valence-electron chi connectivity index (χ3n) is 4.62. The van der Waals surface area contributed by atoms with E-state index < -0.39 is 0 Å². The highest BCUT2D eigenvalue weighted by molar-refractivity contribution is 8.00. The summed E-state index contributed by atoms with van der Waals surface area (Å²) < 4.78 is 9.68. The quantitative estimate of drug-likeness (QED) is 0.245. The van der Waals surface area contributed by atoms with E-state index in [0.29, 0.717) is 17.4 Å². The van der Waals surface area contributed by atoms with Crippen LogP contribution in [0.3, 0.4) is 0 Å². The standard InChI is InChI=1S/C22H20N6OS3/c1-2-8-18-24-20(29-27-18)14-30-21-26-25-19(28(21)15-9-4-3-5-10-15)13-31-22-23-16-11-6-7-12-17(16)32-22/h3-7,9-12H,2,8,13-14H2,1H3. The van der Waals surface area contributed by atoms with Gasteiger partial charge in [0, 0.05) is 12.1 Å². The average molecular weight is 481 g/mol. The summed E-state index contributed by atoms with van der Waals surface area (Å²) in [5, 5.41) is 13.8. The number of thiazole rings is 1. The molecule has 5 aromatic rings. The fourth-order valence-corrected chi connectivity index (χ4v) is 5.95. The first-order valence-electron chi connectivity index (χ1n) is 10.2. The van der Waals surface area contributed by atoms with Crippen molar-refractivity contribution in [1.29, 1.82) is 0 Å². The van der Waals surface area contributed by atoms with E-state index in [1.165, 1.54) is 4.70 Å². The summed E-state index contributed by atoms with van der Waals surface area (Å²) in [6.45, 7) is 2.10. The second kappa shape index (κ2) is 9.85. The Morgan fingerprint density at radius 2 is 1.78 bits per heavy atom. The van der Waals surface area contributed by atoms with E-state index in [1.54, 1.807) is 34.9 Å². The van der Waals surface area contributed by atoms with Gasteiger partial charge < -0.3 is 4.52 Å². The zero-order valence-corrected chi connectivity index (χ0v) is 19.8. The topological polar surface area (TPSA) is 82.5 Å². The molecular formula is C22H20N6OS3. The first-order chi connectivity index (χ1) is 15.8. The zero-order valence-electron chi connectivity index (χ0n) is 17.3. The van der Waals surface area contributed by atoms with Crippen LogP contribution in [0.25, 0.3) is 15.9 Å². The molecule has 7 nitrogen and oxygen atoms in total. The number of para-hydroxylation sites is 2. The van der Waals surface area contributed by atoms with Crippen LogP contribution in [0.4, 0.5) is 0 Å². The molecule has 0 radical (unpaired) electrons. The van der Waals surface area contributed by atoms with Gasteiger partial charge in [0.25, 0.3) is 0 Å². The molecule has 10 heteroatoms. The zero-order chi connectivity index (χ0) is 21.8. The van der Waals surface area contributed by atoms with Crippen molar-refractivity contribution in [3.63, 3.8) is 0 Å². The highest BCUT2D eigenvalue weighted by Gasteiger charge is 2.17. The fraction of sp³-hybridized carbons (Fsp3) is 0.227. The number of hydrogen-bond donors (Lipinski definition) is 0. The molecule has 32 heavy (non-hydrogen) atoms. The van der Waals surface area contributed by atoms with Crippen molar-refractivity contribution < 1.29 is 4.52 Å².